The van der Waals surface area contributed by atoms with Crippen molar-refractivity contribution in [3.8, 4) is 0 Å². The zero-order valence-corrected chi connectivity index (χ0v) is 7.39. The monoisotopic (exact) mass is 160 g/mol. The fourth-order valence-corrected chi connectivity index (χ4v) is 1.34. The molecule has 1 aliphatic heterocycles. The molecule has 1 rings (SSSR count). The minimum atomic E-state index is -0.482. The Hall–Kier alpha value is -0.120. The number of hydrogen-bond donors (Lipinski definition) is 1. The Labute approximate surface area is 67.3 Å². The fraction of sp³-hybridized carbons (Fsp3) is 1.00. The van der Waals surface area contributed by atoms with Crippen LogP contribution in [0.1, 0.15) is 27.2 Å². The molecule has 0 radical (unpaired) electrons. The van der Waals surface area contributed by atoms with Crippen LogP contribution in [0, 0.1) is 0 Å². The lowest BCUT2D eigenvalue weighted by Crippen LogP contribution is -2.31. The molecule has 1 saturated heterocycles. The quantitative estimate of drug-likeness (QED) is 0.652. The molecule has 66 valence electrons. The summed E-state index contributed by atoms with van der Waals surface area (Å²) in [5.41, 5.74) is -0.293. The molecule has 1 aliphatic rings. The van der Waals surface area contributed by atoms with Crippen molar-refractivity contribution < 1.29 is 14.6 Å². The van der Waals surface area contributed by atoms with E-state index in [9.17, 15) is 0 Å². The van der Waals surface area contributed by atoms with Gasteiger partial charge in [0.15, 0.2) is 5.79 Å². The van der Waals surface area contributed by atoms with E-state index in [1.54, 1.807) is 0 Å². The second-order valence-corrected chi connectivity index (χ2v) is 3.71. The van der Waals surface area contributed by atoms with E-state index in [4.69, 9.17) is 14.6 Å². The third-order valence-corrected chi connectivity index (χ3v) is 1.86. The van der Waals surface area contributed by atoms with Crippen LogP contribution in [0.25, 0.3) is 0 Å². The molecule has 1 N–H and O–H groups in total. The summed E-state index contributed by atoms with van der Waals surface area (Å²) in [7, 11) is 0. The molecule has 11 heavy (non-hydrogen) atoms. The van der Waals surface area contributed by atoms with Crippen molar-refractivity contribution in [3.05, 3.63) is 0 Å². The molecule has 0 aliphatic carbocycles. The maximum Gasteiger partial charge on any atom is 0.163 e. The number of aliphatic hydroxyl groups excluding tert-OH is 1. The third-order valence-electron chi connectivity index (χ3n) is 1.86. The van der Waals surface area contributed by atoms with Gasteiger partial charge in [0.05, 0.1) is 12.2 Å². The van der Waals surface area contributed by atoms with Gasteiger partial charge >= 0.3 is 0 Å². The molecule has 3 heteroatoms. The fourth-order valence-electron chi connectivity index (χ4n) is 1.34. The molecule has 1 heterocycles. The first-order chi connectivity index (χ1) is 4.97. The van der Waals surface area contributed by atoms with Gasteiger partial charge in [0, 0.05) is 13.0 Å². The van der Waals surface area contributed by atoms with Crippen molar-refractivity contribution in [2.24, 2.45) is 0 Å². The number of aliphatic hydroxyl groups is 1. The van der Waals surface area contributed by atoms with Crippen molar-refractivity contribution in [3.63, 3.8) is 0 Å². The van der Waals surface area contributed by atoms with Gasteiger partial charge in [0.2, 0.25) is 0 Å². The molecular formula is C8H16O3. The van der Waals surface area contributed by atoms with Crippen LogP contribution in [0.15, 0.2) is 0 Å². The van der Waals surface area contributed by atoms with E-state index in [-0.39, 0.29) is 12.2 Å². The predicted octanol–water partition coefficient (Wildman–Crippen LogP) is 0.910. The topological polar surface area (TPSA) is 38.7 Å². The van der Waals surface area contributed by atoms with Crippen LogP contribution in [-0.4, -0.2) is 29.7 Å². The summed E-state index contributed by atoms with van der Waals surface area (Å²) in [5, 5.41) is 8.73. The number of rotatable bonds is 2. The summed E-state index contributed by atoms with van der Waals surface area (Å²) in [6.45, 7) is 6.44. The van der Waals surface area contributed by atoms with Crippen molar-refractivity contribution in [1.82, 2.24) is 0 Å². The first kappa shape index (κ1) is 8.97. The number of hydrogen-bond acceptors (Lipinski definition) is 3. The van der Waals surface area contributed by atoms with Gasteiger partial charge in [-0.3, -0.25) is 0 Å². The lowest BCUT2D eigenvalue weighted by atomic mass is 10.1. The van der Waals surface area contributed by atoms with Crippen LogP contribution >= 0.6 is 0 Å². The highest BCUT2D eigenvalue weighted by Gasteiger charge is 2.41. The van der Waals surface area contributed by atoms with Gasteiger partial charge in [-0.15, -0.1) is 0 Å². The minimum Gasteiger partial charge on any atom is -0.396 e. The highest BCUT2D eigenvalue weighted by Crippen LogP contribution is 2.32. The van der Waals surface area contributed by atoms with Gasteiger partial charge in [-0.25, -0.2) is 0 Å². The molecule has 1 atom stereocenters. The molecule has 1 unspecified atom stereocenters. The summed E-state index contributed by atoms with van der Waals surface area (Å²) in [6.07, 6.45) is 0.635. The van der Waals surface area contributed by atoms with Gasteiger partial charge in [-0.05, 0) is 20.8 Å². The Morgan fingerprint density at radius 3 is 2.36 bits per heavy atom. The molecule has 1 fully saturated rings. The highest BCUT2D eigenvalue weighted by molar-refractivity contribution is 4.82. The third kappa shape index (κ3) is 2.15. The Morgan fingerprint density at radius 1 is 1.36 bits per heavy atom. The maximum absolute atomic E-state index is 8.73. The number of ether oxygens (including phenoxy) is 2. The second kappa shape index (κ2) is 2.73. The first-order valence-corrected chi connectivity index (χ1v) is 3.92. The van der Waals surface area contributed by atoms with Crippen LogP contribution in [0.5, 0.6) is 0 Å². The first-order valence-electron chi connectivity index (χ1n) is 3.92. The van der Waals surface area contributed by atoms with E-state index in [0.29, 0.717) is 13.0 Å². The van der Waals surface area contributed by atoms with Crippen LogP contribution < -0.4 is 0 Å². The Bertz CT molecular complexity index is 144. The van der Waals surface area contributed by atoms with Gasteiger partial charge in [0.25, 0.3) is 0 Å². The summed E-state index contributed by atoms with van der Waals surface area (Å²) < 4.78 is 11.0. The molecule has 0 amide bonds. The zero-order valence-electron chi connectivity index (χ0n) is 7.39. The lowest BCUT2D eigenvalue weighted by Gasteiger charge is -2.23. The summed E-state index contributed by atoms with van der Waals surface area (Å²) in [4.78, 5) is 0. The largest absolute Gasteiger partial charge is 0.396 e. The van der Waals surface area contributed by atoms with E-state index in [2.05, 4.69) is 0 Å². The van der Waals surface area contributed by atoms with Crippen LogP contribution in [0.2, 0.25) is 0 Å². The van der Waals surface area contributed by atoms with Crippen molar-refractivity contribution in [2.75, 3.05) is 13.2 Å². The SMILES string of the molecule is CC1(CCO)COC(C)(C)O1. The van der Waals surface area contributed by atoms with Crippen molar-refractivity contribution >= 4 is 0 Å². The highest BCUT2D eigenvalue weighted by atomic mass is 16.8. The Morgan fingerprint density at radius 2 is 2.00 bits per heavy atom. The zero-order chi connectivity index (χ0) is 8.54. The molecule has 3 nitrogen and oxygen atoms in total. The van der Waals surface area contributed by atoms with Crippen molar-refractivity contribution in [1.29, 1.82) is 0 Å². The van der Waals surface area contributed by atoms with Crippen LogP contribution in [0.4, 0.5) is 0 Å². The smallest absolute Gasteiger partial charge is 0.163 e. The van der Waals surface area contributed by atoms with Gasteiger partial charge < -0.3 is 14.6 Å². The molecule has 0 saturated carbocycles. The summed E-state index contributed by atoms with van der Waals surface area (Å²) in [5.74, 6) is -0.482. The van der Waals surface area contributed by atoms with E-state index >= 15 is 0 Å². The van der Waals surface area contributed by atoms with Crippen molar-refractivity contribution in [2.45, 2.75) is 38.6 Å². The second-order valence-electron chi connectivity index (χ2n) is 3.71. The average Bonchev–Trinajstić information content (AvgIpc) is 2.07. The van der Waals surface area contributed by atoms with E-state index < -0.39 is 5.79 Å². The van der Waals surface area contributed by atoms with Crippen LogP contribution in [0.3, 0.4) is 0 Å². The summed E-state index contributed by atoms with van der Waals surface area (Å²) in [6, 6.07) is 0. The standard InChI is InChI=1S/C8H16O3/c1-7(2)10-6-8(3,11-7)4-5-9/h9H,4-6H2,1-3H3. The minimum absolute atomic E-state index is 0.149. The Kier molecular flexibility index (Phi) is 2.23. The van der Waals surface area contributed by atoms with Gasteiger partial charge in [-0.2, -0.15) is 0 Å². The van der Waals surface area contributed by atoms with E-state index in [1.807, 2.05) is 20.8 Å². The molecule has 0 aromatic heterocycles. The maximum atomic E-state index is 8.73. The van der Waals surface area contributed by atoms with Crippen LogP contribution in [-0.2, 0) is 9.47 Å². The van der Waals surface area contributed by atoms with E-state index in [0.717, 1.165) is 0 Å². The predicted molar refractivity (Wildman–Crippen MR) is 41.2 cm³/mol. The van der Waals surface area contributed by atoms with E-state index in [1.165, 1.54) is 0 Å². The van der Waals surface area contributed by atoms with Gasteiger partial charge in [-0.1, -0.05) is 0 Å². The normalized spacial score (nSPS) is 36.0. The molecule has 0 bridgehead atoms. The molecule has 0 spiro atoms. The van der Waals surface area contributed by atoms with Gasteiger partial charge in [0.1, 0.15) is 0 Å². The Balaban J connectivity index is 2.51. The average molecular weight is 160 g/mol. The molecular weight excluding hydrogens is 144 g/mol. The molecule has 0 aromatic carbocycles. The summed E-state index contributed by atoms with van der Waals surface area (Å²) >= 11 is 0. The molecule has 0 aromatic rings. The lowest BCUT2D eigenvalue weighted by molar-refractivity contribution is -0.159.